The predicted octanol–water partition coefficient (Wildman–Crippen LogP) is 2.42. The Labute approximate surface area is 110 Å². The molecule has 2 unspecified atom stereocenters. The van der Waals surface area contributed by atoms with Gasteiger partial charge in [0.2, 0.25) is 0 Å². The van der Waals surface area contributed by atoms with Crippen LogP contribution in [0.25, 0.3) is 11.4 Å². The van der Waals surface area contributed by atoms with Gasteiger partial charge in [-0.3, -0.25) is 0 Å². The summed E-state index contributed by atoms with van der Waals surface area (Å²) in [6, 6.07) is 4.66. The first-order chi connectivity index (χ1) is 9.20. The van der Waals surface area contributed by atoms with Crippen molar-refractivity contribution in [1.82, 2.24) is 20.2 Å². The van der Waals surface area contributed by atoms with Gasteiger partial charge in [-0.05, 0) is 47.4 Å². The van der Waals surface area contributed by atoms with E-state index >= 15 is 0 Å². The molecule has 1 aliphatic carbocycles. The maximum absolute atomic E-state index is 13.1. The summed E-state index contributed by atoms with van der Waals surface area (Å²) in [4.78, 5) is 0. The summed E-state index contributed by atoms with van der Waals surface area (Å²) in [5.74, 6) is 0.922. The average molecular weight is 261 g/mol. The van der Waals surface area contributed by atoms with Crippen molar-refractivity contribution in [3.63, 3.8) is 0 Å². The molecule has 2 aromatic rings. The number of benzene rings is 1. The highest BCUT2D eigenvalue weighted by Gasteiger charge is 2.40. The van der Waals surface area contributed by atoms with Crippen molar-refractivity contribution in [2.24, 2.45) is 5.92 Å². The van der Waals surface area contributed by atoms with Crippen LogP contribution in [-0.4, -0.2) is 20.2 Å². The molecule has 2 N–H and O–H groups in total. The number of nitrogens with two attached hydrogens (primary N) is 1. The van der Waals surface area contributed by atoms with Crippen LogP contribution in [0.1, 0.15) is 32.2 Å². The van der Waals surface area contributed by atoms with Crippen LogP contribution < -0.4 is 5.73 Å². The van der Waals surface area contributed by atoms with E-state index in [1.54, 1.807) is 6.07 Å². The summed E-state index contributed by atoms with van der Waals surface area (Å²) in [5.41, 5.74) is 6.90. The zero-order valence-corrected chi connectivity index (χ0v) is 10.8. The predicted molar refractivity (Wildman–Crippen MR) is 69.7 cm³/mol. The molecule has 2 atom stereocenters. The summed E-state index contributed by atoms with van der Waals surface area (Å²) in [6.07, 6.45) is 3.45. The molecule has 0 aliphatic heterocycles. The van der Waals surface area contributed by atoms with Gasteiger partial charge in [0, 0.05) is 11.3 Å². The zero-order valence-electron chi connectivity index (χ0n) is 10.8. The summed E-state index contributed by atoms with van der Waals surface area (Å²) in [6.45, 7) is 2.17. The molecule has 0 spiro atoms. The maximum Gasteiger partial charge on any atom is 0.184 e. The topological polar surface area (TPSA) is 69.6 Å². The van der Waals surface area contributed by atoms with Crippen molar-refractivity contribution < 1.29 is 4.39 Å². The first-order valence-corrected chi connectivity index (χ1v) is 6.54. The van der Waals surface area contributed by atoms with E-state index in [0.29, 0.717) is 29.0 Å². The molecule has 19 heavy (non-hydrogen) atoms. The van der Waals surface area contributed by atoms with Crippen LogP contribution in [0.3, 0.4) is 0 Å². The molecule has 100 valence electrons. The Kier molecular flexibility index (Phi) is 2.93. The largest absolute Gasteiger partial charge is 0.398 e. The van der Waals surface area contributed by atoms with Crippen LogP contribution >= 0.6 is 0 Å². The minimum absolute atomic E-state index is 0.351. The van der Waals surface area contributed by atoms with Crippen molar-refractivity contribution in [1.29, 1.82) is 0 Å². The number of nitrogens with zero attached hydrogens (tertiary/aromatic N) is 4. The number of anilines is 1. The fourth-order valence-electron chi connectivity index (χ4n) is 2.54. The molecule has 0 radical (unpaired) electrons. The number of tetrazole rings is 1. The van der Waals surface area contributed by atoms with E-state index in [2.05, 4.69) is 22.4 Å². The molecule has 6 heteroatoms. The Hall–Kier alpha value is -1.98. The van der Waals surface area contributed by atoms with Crippen molar-refractivity contribution in [2.75, 3.05) is 5.73 Å². The molecule has 1 fully saturated rings. The van der Waals surface area contributed by atoms with E-state index in [9.17, 15) is 4.39 Å². The molecule has 1 saturated carbocycles. The van der Waals surface area contributed by atoms with E-state index < -0.39 is 0 Å². The number of aromatic nitrogens is 4. The second-order valence-electron chi connectivity index (χ2n) is 5.03. The van der Waals surface area contributed by atoms with Crippen LogP contribution in [0.15, 0.2) is 18.2 Å². The third kappa shape index (κ3) is 2.18. The average Bonchev–Trinajstić information content (AvgIpc) is 2.97. The van der Waals surface area contributed by atoms with Crippen molar-refractivity contribution in [3.05, 3.63) is 24.0 Å². The van der Waals surface area contributed by atoms with Gasteiger partial charge in [-0.25, -0.2) is 9.07 Å². The first-order valence-electron chi connectivity index (χ1n) is 6.54. The van der Waals surface area contributed by atoms with Gasteiger partial charge < -0.3 is 5.73 Å². The third-order valence-corrected chi connectivity index (χ3v) is 3.61. The summed E-state index contributed by atoms with van der Waals surface area (Å²) in [7, 11) is 0. The Bertz CT molecular complexity index is 594. The molecule has 3 rings (SSSR count). The molecule has 1 heterocycles. The molecule has 1 aliphatic rings. The van der Waals surface area contributed by atoms with E-state index in [0.717, 1.165) is 12.8 Å². The summed E-state index contributed by atoms with van der Waals surface area (Å²) >= 11 is 0. The van der Waals surface area contributed by atoms with Crippen molar-refractivity contribution in [2.45, 2.75) is 32.2 Å². The van der Waals surface area contributed by atoms with E-state index in [-0.39, 0.29) is 5.82 Å². The lowest BCUT2D eigenvalue weighted by molar-refractivity contribution is 0.548. The van der Waals surface area contributed by atoms with E-state index in [1.165, 1.54) is 18.6 Å². The molecule has 1 aromatic heterocycles. The lowest BCUT2D eigenvalue weighted by Crippen LogP contribution is -2.03. The minimum Gasteiger partial charge on any atom is -0.398 e. The van der Waals surface area contributed by atoms with Crippen LogP contribution in [0.5, 0.6) is 0 Å². The number of halogens is 1. The molecule has 0 amide bonds. The van der Waals surface area contributed by atoms with Gasteiger partial charge in [-0.15, -0.1) is 5.10 Å². The van der Waals surface area contributed by atoms with Crippen LogP contribution in [0.4, 0.5) is 10.1 Å². The van der Waals surface area contributed by atoms with Gasteiger partial charge in [-0.2, -0.15) is 0 Å². The van der Waals surface area contributed by atoms with E-state index in [1.807, 2.05) is 4.68 Å². The molecule has 0 saturated heterocycles. The SMILES string of the molecule is CCCC1CC1n1nnnc1-c1ccc(F)cc1N. The number of hydrogen-bond donors (Lipinski definition) is 1. The standard InChI is InChI=1S/C13H16FN5/c1-2-3-8-6-12(8)19-13(16-17-18-19)10-5-4-9(14)7-11(10)15/h4-5,7-8,12H,2-3,6,15H2,1H3. The normalized spacial score (nSPS) is 21.6. The highest BCUT2D eigenvalue weighted by Crippen LogP contribution is 2.47. The number of nitrogen functional groups attached to an aromatic ring is 1. The van der Waals surface area contributed by atoms with Gasteiger partial charge >= 0.3 is 0 Å². The fraction of sp³-hybridized carbons (Fsp3) is 0.462. The molecular weight excluding hydrogens is 245 g/mol. The second kappa shape index (κ2) is 4.60. The van der Waals surface area contributed by atoms with Gasteiger partial charge in [0.05, 0.1) is 6.04 Å². The molecule has 0 bridgehead atoms. The Balaban J connectivity index is 1.92. The molecular formula is C13H16FN5. The van der Waals surface area contributed by atoms with Crippen molar-refractivity contribution in [3.8, 4) is 11.4 Å². The number of rotatable bonds is 4. The van der Waals surface area contributed by atoms with Gasteiger partial charge in [-0.1, -0.05) is 13.3 Å². The monoisotopic (exact) mass is 261 g/mol. The second-order valence-corrected chi connectivity index (χ2v) is 5.03. The lowest BCUT2D eigenvalue weighted by atomic mass is 10.1. The molecule has 5 nitrogen and oxygen atoms in total. The Morgan fingerprint density at radius 3 is 3.05 bits per heavy atom. The minimum atomic E-state index is -0.351. The molecule has 1 aromatic carbocycles. The van der Waals surface area contributed by atoms with Crippen LogP contribution in [0, 0.1) is 11.7 Å². The van der Waals surface area contributed by atoms with Gasteiger partial charge in [0.1, 0.15) is 5.82 Å². The van der Waals surface area contributed by atoms with Crippen LogP contribution in [-0.2, 0) is 0 Å². The quantitative estimate of drug-likeness (QED) is 0.858. The first kappa shape index (κ1) is 12.1. The highest BCUT2D eigenvalue weighted by atomic mass is 19.1. The van der Waals surface area contributed by atoms with Gasteiger partial charge in [0.15, 0.2) is 5.82 Å². The fourth-order valence-corrected chi connectivity index (χ4v) is 2.54. The lowest BCUT2D eigenvalue weighted by Gasteiger charge is -2.06. The van der Waals surface area contributed by atoms with E-state index in [4.69, 9.17) is 5.73 Å². The Morgan fingerprint density at radius 2 is 2.32 bits per heavy atom. The third-order valence-electron chi connectivity index (χ3n) is 3.61. The summed E-state index contributed by atoms with van der Waals surface area (Å²) in [5, 5.41) is 11.8. The Morgan fingerprint density at radius 1 is 1.47 bits per heavy atom. The smallest absolute Gasteiger partial charge is 0.184 e. The highest BCUT2D eigenvalue weighted by molar-refractivity contribution is 5.71. The van der Waals surface area contributed by atoms with Gasteiger partial charge in [0.25, 0.3) is 0 Å². The van der Waals surface area contributed by atoms with Crippen molar-refractivity contribution >= 4 is 5.69 Å². The zero-order chi connectivity index (χ0) is 13.4. The maximum atomic E-state index is 13.1. The summed E-state index contributed by atoms with van der Waals surface area (Å²) < 4.78 is 14.9. The number of hydrogen-bond acceptors (Lipinski definition) is 4. The van der Waals surface area contributed by atoms with Crippen LogP contribution in [0.2, 0.25) is 0 Å².